The number of aryl methyl sites for hydroxylation is 1. The van der Waals surface area contributed by atoms with Crippen LogP contribution in [0.3, 0.4) is 0 Å². The molecule has 84 valence electrons. The van der Waals surface area contributed by atoms with E-state index in [4.69, 9.17) is 4.42 Å². The molecule has 1 aromatic heterocycles. The van der Waals surface area contributed by atoms with Crippen molar-refractivity contribution < 1.29 is 4.42 Å². The highest BCUT2D eigenvalue weighted by Crippen LogP contribution is 2.34. The third kappa shape index (κ3) is 2.61. The monoisotopic (exact) mass is 207 g/mol. The summed E-state index contributed by atoms with van der Waals surface area (Å²) >= 11 is 0. The van der Waals surface area contributed by atoms with Gasteiger partial charge in [-0.15, -0.1) is 0 Å². The maximum atomic E-state index is 5.59. The van der Waals surface area contributed by atoms with Gasteiger partial charge in [0.15, 0.2) is 6.39 Å². The zero-order valence-corrected chi connectivity index (χ0v) is 9.67. The summed E-state index contributed by atoms with van der Waals surface area (Å²) in [6, 6.07) is 0. The summed E-state index contributed by atoms with van der Waals surface area (Å²) in [6.45, 7) is 2.22. The zero-order chi connectivity index (χ0) is 10.5. The first-order valence-corrected chi connectivity index (χ1v) is 6.34. The largest absolute Gasteiger partial charge is 0.448 e. The number of unbranched alkanes of at least 4 members (excludes halogenated alkanes) is 1. The highest BCUT2D eigenvalue weighted by atomic mass is 16.3. The van der Waals surface area contributed by atoms with Crippen LogP contribution in [0.4, 0.5) is 0 Å². The van der Waals surface area contributed by atoms with Gasteiger partial charge in [0.1, 0.15) is 5.76 Å². The molecular weight excluding hydrogens is 186 g/mol. The molecule has 0 amide bonds. The molecule has 15 heavy (non-hydrogen) atoms. The van der Waals surface area contributed by atoms with E-state index in [1.165, 1.54) is 56.4 Å². The number of nitrogens with zero attached hydrogens (tertiary/aromatic N) is 1. The van der Waals surface area contributed by atoms with E-state index in [1.54, 1.807) is 6.39 Å². The van der Waals surface area contributed by atoms with Gasteiger partial charge >= 0.3 is 0 Å². The molecule has 0 aromatic carbocycles. The van der Waals surface area contributed by atoms with Crippen LogP contribution in [-0.4, -0.2) is 4.98 Å². The van der Waals surface area contributed by atoms with Crippen LogP contribution < -0.4 is 0 Å². The molecule has 1 saturated carbocycles. The van der Waals surface area contributed by atoms with Gasteiger partial charge in [-0.1, -0.05) is 32.6 Å². The summed E-state index contributed by atoms with van der Waals surface area (Å²) in [5.74, 6) is 1.86. The molecule has 0 spiro atoms. The summed E-state index contributed by atoms with van der Waals surface area (Å²) < 4.78 is 5.59. The van der Waals surface area contributed by atoms with Crippen molar-refractivity contribution in [2.24, 2.45) is 0 Å². The zero-order valence-electron chi connectivity index (χ0n) is 9.67. The minimum absolute atomic E-state index is 0.660. The van der Waals surface area contributed by atoms with E-state index >= 15 is 0 Å². The van der Waals surface area contributed by atoms with E-state index in [2.05, 4.69) is 11.9 Å². The Balaban J connectivity index is 2.02. The van der Waals surface area contributed by atoms with Gasteiger partial charge in [0.25, 0.3) is 0 Å². The van der Waals surface area contributed by atoms with E-state index in [1.807, 2.05) is 0 Å². The van der Waals surface area contributed by atoms with Crippen LogP contribution in [-0.2, 0) is 6.42 Å². The van der Waals surface area contributed by atoms with Crippen LogP contribution >= 0.6 is 0 Å². The lowest BCUT2D eigenvalue weighted by molar-refractivity contribution is 0.371. The summed E-state index contributed by atoms with van der Waals surface area (Å²) in [7, 11) is 0. The van der Waals surface area contributed by atoms with Crippen molar-refractivity contribution >= 4 is 0 Å². The van der Waals surface area contributed by atoms with Gasteiger partial charge in [0.2, 0.25) is 0 Å². The summed E-state index contributed by atoms with van der Waals surface area (Å²) in [4.78, 5) is 4.36. The first kappa shape index (κ1) is 10.7. The van der Waals surface area contributed by atoms with E-state index in [0.717, 1.165) is 6.42 Å². The second kappa shape index (κ2) is 5.34. The van der Waals surface area contributed by atoms with Crippen molar-refractivity contribution in [3.05, 3.63) is 17.8 Å². The molecule has 0 saturated heterocycles. The van der Waals surface area contributed by atoms with Crippen molar-refractivity contribution in [1.29, 1.82) is 0 Å². The number of hydrogen-bond acceptors (Lipinski definition) is 2. The lowest BCUT2D eigenvalue weighted by Crippen LogP contribution is -2.06. The molecule has 1 heterocycles. The third-order valence-corrected chi connectivity index (χ3v) is 3.42. The van der Waals surface area contributed by atoms with Crippen LogP contribution in [0.15, 0.2) is 10.8 Å². The number of oxazole rings is 1. The first-order chi connectivity index (χ1) is 7.42. The second-order valence-electron chi connectivity index (χ2n) is 4.60. The van der Waals surface area contributed by atoms with Crippen molar-refractivity contribution in [3.8, 4) is 0 Å². The smallest absolute Gasteiger partial charge is 0.181 e. The topological polar surface area (TPSA) is 26.0 Å². The number of rotatable bonds is 4. The average molecular weight is 207 g/mol. The van der Waals surface area contributed by atoms with Crippen LogP contribution in [0.2, 0.25) is 0 Å². The normalized spacial score (nSPS) is 18.2. The highest BCUT2D eigenvalue weighted by Gasteiger charge is 2.21. The summed E-state index contributed by atoms with van der Waals surface area (Å²) in [5.41, 5.74) is 1.23. The van der Waals surface area contributed by atoms with Crippen molar-refractivity contribution in [2.75, 3.05) is 0 Å². The SMILES string of the molecule is CCCCc1ncoc1C1CCCCC1. The Kier molecular flexibility index (Phi) is 3.81. The molecule has 0 unspecified atom stereocenters. The van der Waals surface area contributed by atoms with E-state index in [-0.39, 0.29) is 0 Å². The summed E-state index contributed by atoms with van der Waals surface area (Å²) in [6.07, 6.45) is 11.9. The molecule has 2 rings (SSSR count). The Bertz CT molecular complexity index is 286. The molecule has 1 aliphatic carbocycles. The van der Waals surface area contributed by atoms with E-state index in [0.29, 0.717) is 5.92 Å². The van der Waals surface area contributed by atoms with Gasteiger partial charge in [0.05, 0.1) is 5.69 Å². The maximum absolute atomic E-state index is 5.59. The standard InChI is InChI=1S/C13H21NO/c1-2-3-9-12-13(15-10-14-12)11-7-5-4-6-8-11/h10-11H,2-9H2,1H3. The van der Waals surface area contributed by atoms with Crippen molar-refractivity contribution in [1.82, 2.24) is 4.98 Å². The van der Waals surface area contributed by atoms with Gasteiger partial charge in [0, 0.05) is 5.92 Å². The summed E-state index contributed by atoms with van der Waals surface area (Å²) in [5, 5.41) is 0. The first-order valence-electron chi connectivity index (χ1n) is 6.34. The predicted molar refractivity (Wildman–Crippen MR) is 60.9 cm³/mol. The Labute approximate surface area is 92.1 Å². The van der Waals surface area contributed by atoms with E-state index in [9.17, 15) is 0 Å². The average Bonchev–Trinajstić information content (AvgIpc) is 2.75. The van der Waals surface area contributed by atoms with Gasteiger partial charge < -0.3 is 4.42 Å². The van der Waals surface area contributed by atoms with Gasteiger partial charge in [-0.25, -0.2) is 4.98 Å². The molecule has 2 heteroatoms. The molecule has 0 radical (unpaired) electrons. The fraction of sp³-hybridized carbons (Fsp3) is 0.769. The van der Waals surface area contributed by atoms with Gasteiger partial charge in [-0.2, -0.15) is 0 Å². The van der Waals surface area contributed by atoms with Crippen LogP contribution in [0.25, 0.3) is 0 Å². The Hall–Kier alpha value is -0.790. The molecule has 1 fully saturated rings. The number of hydrogen-bond donors (Lipinski definition) is 0. The number of aromatic nitrogens is 1. The third-order valence-electron chi connectivity index (χ3n) is 3.42. The lowest BCUT2D eigenvalue weighted by atomic mass is 9.86. The molecule has 0 aliphatic heterocycles. The Morgan fingerprint density at radius 1 is 1.33 bits per heavy atom. The molecule has 0 N–H and O–H groups in total. The fourth-order valence-electron chi connectivity index (χ4n) is 2.51. The van der Waals surface area contributed by atoms with Crippen LogP contribution in [0.1, 0.15) is 69.2 Å². The van der Waals surface area contributed by atoms with Crippen molar-refractivity contribution in [2.45, 2.75) is 64.2 Å². The Morgan fingerprint density at radius 2 is 2.13 bits per heavy atom. The van der Waals surface area contributed by atoms with Crippen LogP contribution in [0, 0.1) is 0 Å². The minimum atomic E-state index is 0.660. The molecule has 1 aromatic rings. The lowest BCUT2D eigenvalue weighted by Gasteiger charge is -2.20. The molecule has 2 nitrogen and oxygen atoms in total. The fourth-order valence-corrected chi connectivity index (χ4v) is 2.51. The predicted octanol–water partition coefficient (Wildman–Crippen LogP) is 4.06. The van der Waals surface area contributed by atoms with Gasteiger partial charge in [-0.05, 0) is 25.7 Å². The molecule has 0 atom stereocenters. The minimum Gasteiger partial charge on any atom is -0.448 e. The Morgan fingerprint density at radius 3 is 2.87 bits per heavy atom. The highest BCUT2D eigenvalue weighted by molar-refractivity contribution is 5.13. The van der Waals surface area contributed by atoms with Crippen LogP contribution in [0.5, 0.6) is 0 Å². The maximum Gasteiger partial charge on any atom is 0.181 e. The second-order valence-corrected chi connectivity index (χ2v) is 4.60. The molecule has 0 bridgehead atoms. The van der Waals surface area contributed by atoms with Crippen molar-refractivity contribution in [3.63, 3.8) is 0 Å². The quantitative estimate of drug-likeness (QED) is 0.744. The molecule has 1 aliphatic rings. The molecular formula is C13H21NO. The van der Waals surface area contributed by atoms with E-state index < -0.39 is 0 Å². The van der Waals surface area contributed by atoms with Gasteiger partial charge in [-0.3, -0.25) is 0 Å².